The standard InChI is InChI=1S/C17H25NO5/c1-2-3-4-5-6-7-8-9-12-22-16-11-10-15(18(20)21)13-17(16)23-14-19/h10-11,13-14H,2-9,12H2,1H3. The molecule has 128 valence electrons. The summed E-state index contributed by atoms with van der Waals surface area (Å²) in [5, 5.41) is 10.7. The second-order valence-corrected chi connectivity index (χ2v) is 5.43. The Balaban J connectivity index is 2.31. The molecular formula is C17H25NO5. The van der Waals surface area contributed by atoms with Gasteiger partial charge in [0.05, 0.1) is 17.6 Å². The van der Waals surface area contributed by atoms with Gasteiger partial charge in [-0.15, -0.1) is 0 Å². The first-order valence-electron chi connectivity index (χ1n) is 8.20. The number of benzene rings is 1. The van der Waals surface area contributed by atoms with Gasteiger partial charge in [-0.1, -0.05) is 51.9 Å². The number of hydrogen-bond donors (Lipinski definition) is 0. The fourth-order valence-electron chi connectivity index (χ4n) is 2.29. The summed E-state index contributed by atoms with van der Waals surface area (Å²) in [5.74, 6) is 0.430. The molecule has 0 unspecified atom stereocenters. The van der Waals surface area contributed by atoms with Gasteiger partial charge < -0.3 is 9.47 Å². The van der Waals surface area contributed by atoms with E-state index < -0.39 is 4.92 Å². The van der Waals surface area contributed by atoms with Gasteiger partial charge in [0.2, 0.25) is 0 Å². The van der Waals surface area contributed by atoms with E-state index in [0.717, 1.165) is 12.8 Å². The van der Waals surface area contributed by atoms with E-state index >= 15 is 0 Å². The minimum atomic E-state index is -0.542. The Bertz CT molecular complexity index is 490. The van der Waals surface area contributed by atoms with Gasteiger partial charge >= 0.3 is 0 Å². The minimum absolute atomic E-state index is 0.0776. The summed E-state index contributed by atoms with van der Waals surface area (Å²) in [6.45, 7) is 2.95. The number of ether oxygens (including phenoxy) is 2. The topological polar surface area (TPSA) is 78.7 Å². The molecule has 6 nitrogen and oxygen atoms in total. The van der Waals surface area contributed by atoms with Crippen molar-refractivity contribution in [2.75, 3.05) is 6.61 Å². The van der Waals surface area contributed by atoms with Crippen LogP contribution in [0.3, 0.4) is 0 Å². The van der Waals surface area contributed by atoms with E-state index in [0.29, 0.717) is 12.4 Å². The number of nitro benzene ring substituents is 1. The van der Waals surface area contributed by atoms with Crippen molar-refractivity contribution in [3.63, 3.8) is 0 Å². The zero-order chi connectivity index (χ0) is 16.9. The van der Waals surface area contributed by atoms with Crippen LogP contribution in [-0.4, -0.2) is 18.0 Å². The SMILES string of the molecule is CCCCCCCCCCOc1ccc([N+](=O)[O-])cc1OC=O. The highest BCUT2D eigenvalue weighted by atomic mass is 16.6. The lowest BCUT2D eigenvalue weighted by atomic mass is 10.1. The first-order valence-corrected chi connectivity index (χ1v) is 8.20. The van der Waals surface area contributed by atoms with Gasteiger partial charge in [0.1, 0.15) is 0 Å². The molecule has 23 heavy (non-hydrogen) atoms. The summed E-state index contributed by atoms with van der Waals surface area (Å²) >= 11 is 0. The molecule has 0 saturated heterocycles. The number of rotatable bonds is 13. The molecular weight excluding hydrogens is 298 g/mol. The van der Waals surface area contributed by atoms with Gasteiger partial charge in [-0.25, -0.2) is 0 Å². The van der Waals surface area contributed by atoms with E-state index in [1.807, 2.05) is 0 Å². The van der Waals surface area contributed by atoms with E-state index in [1.54, 1.807) is 0 Å². The largest absolute Gasteiger partial charge is 0.490 e. The van der Waals surface area contributed by atoms with Crippen molar-refractivity contribution in [1.29, 1.82) is 0 Å². The van der Waals surface area contributed by atoms with Crippen LogP contribution in [0.4, 0.5) is 5.69 Å². The lowest BCUT2D eigenvalue weighted by Crippen LogP contribution is -2.01. The monoisotopic (exact) mass is 323 g/mol. The van der Waals surface area contributed by atoms with Gasteiger partial charge in [0.25, 0.3) is 12.2 Å². The van der Waals surface area contributed by atoms with Crippen molar-refractivity contribution < 1.29 is 19.2 Å². The number of carbonyl (C=O) groups excluding carboxylic acids is 1. The Morgan fingerprint density at radius 3 is 2.30 bits per heavy atom. The molecule has 0 N–H and O–H groups in total. The van der Waals surface area contributed by atoms with Crippen LogP contribution in [0, 0.1) is 10.1 Å². The van der Waals surface area contributed by atoms with E-state index in [2.05, 4.69) is 6.92 Å². The Hall–Kier alpha value is -2.11. The summed E-state index contributed by atoms with van der Waals surface area (Å²) in [6.07, 6.45) is 9.59. The van der Waals surface area contributed by atoms with Crippen molar-refractivity contribution in [3.05, 3.63) is 28.3 Å². The van der Waals surface area contributed by atoms with E-state index in [-0.39, 0.29) is 17.9 Å². The molecule has 0 heterocycles. The summed E-state index contributed by atoms with van der Waals surface area (Å²) in [7, 11) is 0. The van der Waals surface area contributed by atoms with Crippen LogP contribution >= 0.6 is 0 Å². The summed E-state index contributed by atoms with van der Waals surface area (Å²) in [5.41, 5.74) is -0.138. The van der Waals surface area contributed by atoms with Crippen molar-refractivity contribution in [2.24, 2.45) is 0 Å². The van der Waals surface area contributed by atoms with Crippen LogP contribution in [0.25, 0.3) is 0 Å². The van der Waals surface area contributed by atoms with Gasteiger partial charge in [0.15, 0.2) is 11.5 Å². The molecule has 1 aromatic rings. The molecule has 0 bridgehead atoms. The van der Waals surface area contributed by atoms with Crippen LogP contribution < -0.4 is 9.47 Å². The van der Waals surface area contributed by atoms with E-state index in [9.17, 15) is 14.9 Å². The predicted octanol–water partition coefficient (Wildman–Crippen LogP) is 4.65. The minimum Gasteiger partial charge on any atom is -0.490 e. The van der Waals surface area contributed by atoms with Gasteiger partial charge in [-0.05, 0) is 12.5 Å². The highest BCUT2D eigenvalue weighted by molar-refractivity contribution is 5.54. The van der Waals surface area contributed by atoms with Crippen LogP contribution in [-0.2, 0) is 4.79 Å². The molecule has 0 fully saturated rings. The van der Waals surface area contributed by atoms with Gasteiger partial charge in [0, 0.05) is 6.07 Å². The van der Waals surface area contributed by atoms with Crippen LogP contribution in [0.2, 0.25) is 0 Å². The summed E-state index contributed by atoms with van der Waals surface area (Å²) in [4.78, 5) is 20.7. The molecule has 0 atom stereocenters. The molecule has 6 heteroatoms. The Labute approximate surface area is 136 Å². The normalized spacial score (nSPS) is 10.3. The maximum Gasteiger partial charge on any atom is 0.298 e. The Morgan fingerprint density at radius 1 is 1.04 bits per heavy atom. The number of nitro groups is 1. The first kappa shape index (κ1) is 18.9. The maximum atomic E-state index is 10.7. The lowest BCUT2D eigenvalue weighted by Gasteiger charge is -2.09. The molecule has 0 spiro atoms. The second-order valence-electron chi connectivity index (χ2n) is 5.43. The highest BCUT2D eigenvalue weighted by Crippen LogP contribution is 2.31. The van der Waals surface area contributed by atoms with Crippen molar-refractivity contribution >= 4 is 12.2 Å². The Kier molecular flexibility index (Phi) is 9.43. The zero-order valence-electron chi connectivity index (χ0n) is 13.7. The van der Waals surface area contributed by atoms with Crippen molar-refractivity contribution in [2.45, 2.75) is 58.3 Å². The smallest absolute Gasteiger partial charge is 0.298 e. The first-order chi connectivity index (χ1) is 11.2. The summed E-state index contributed by atoms with van der Waals surface area (Å²) in [6, 6.07) is 3.99. The van der Waals surface area contributed by atoms with Crippen molar-refractivity contribution in [1.82, 2.24) is 0 Å². The fourth-order valence-corrected chi connectivity index (χ4v) is 2.29. The number of hydrogen-bond acceptors (Lipinski definition) is 5. The summed E-state index contributed by atoms with van der Waals surface area (Å²) < 4.78 is 10.3. The molecule has 0 saturated carbocycles. The number of unbranched alkanes of at least 4 members (excludes halogenated alkanes) is 7. The van der Waals surface area contributed by atoms with Gasteiger partial charge in [-0.2, -0.15) is 0 Å². The lowest BCUT2D eigenvalue weighted by molar-refractivity contribution is -0.384. The van der Waals surface area contributed by atoms with E-state index in [1.165, 1.54) is 56.7 Å². The number of carbonyl (C=O) groups is 1. The number of non-ortho nitro benzene ring substituents is 1. The Morgan fingerprint density at radius 2 is 1.70 bits per heavy atom. The molecule has 0 aliphatic carbocycles. The highest BCUT2D eigenvalue weighted by Gasteiger charge is 2.13. The third-order valence-electron chi connectivity index (χ3n) is 3.57. The molecule has 0 aliphatic rings. The van der Waals surface area contributed by atoms with Crippen molar-refractivity contribution in [3.8, 4) is 11.5 Å². The molecule has 0 aliphatic heterocycles. The average Bonchev–Trinajstić information content (AvgIpc) is 2.54. The van der Waals surface area contributed by atoms with Crippen LogP contribution in [0.15, 0.2) is 18.2 Å². The zero-order valence-corrected chi connectivity index (χ0v) is 13.7. The maximum absolute atomic E-state index is 10.7. The van der Waals surface area contributed by atoms with Crippen LogP contribution in [0.1, 0.15) is 58.3 Å². The average molecular weight is 323 g/mol. The fraction of sp³-hybridized carbons (Fsp3) is 0.588. The molecule has 1 rings (SSSR count). The molecule has 0 aromatic heterocycles. The molecule has 0 amide bonds. The quantitative estimate of drug-likeness (QED) is 0.228. The third-order valence-corrected chi connectivity index (χ3v) is 3.57. The predicted molar refractivity (Wildman–Crippen MR) is 87.9 cm³/mol. The molecule has 0 radical (unpaired) electrons. The third kappa shape index (κ3) is 7.63. The molecule has 1 aromatic carbocycles. The second kappa shape index (κ2) is 11.5. The van der Waals surface area contributed by atoms with Gasteiger partial charge in [-0.3, -0.25) is 14.9 Å². The number of nitrogens with zero attached hydrogens (tertiary/aromatic N) is 1. The van der Waals surface area contributed by atoms with E-state index in [4.69, 9.17) is 9.47 Å². The van der Waals surface area contributed by atoms with Crippen LogP contribution in [0.5, 0.6) is 11.5 Å².